The van der Waals surface area contributed by atoms with Gasteiger partial charge < -0.3 is 4.57 Å². The predicted molar refractivity (Wildman–Crippen MR) is 200 cm³/mol. The van der Waals surface area contributed by atoms with Crippen molar-refractivity contribution in [3.63, 3.8) is 0 Å². The largest absolute Gasteiger partial charge is 0.309 e. The summed E-state index contributed by atoms with van der Waals surface area (Å²) in [6.45, 7) is 0. The summed E-state index contributed by atoms with van der Waals surface area (Å²) in [5.74, 6) is 0.977. The van der Waals surface area contributed by atoms with Crippen LogP contribution in [0.25, 0.3) is 99.4 Å². The summed E-state index contributed by atoms with van der Waals surface area (Å²) in [7, 11) is 0. The number of fused-ring (bicyclic) bond motifs is 12. The Kier molecular flexibility index (Phi) is 5.11. The van der Waals surface area contributed by atoms with Crippen LogP contribution in [0.3, 0.4) is 0 Å². The van der Waals surface area contributed by atoms with E-state index in [1.165, 1.54) is 65.9 Å². The summed E-state index contributed by atoms with van der Waals surface area (Å²) in [5.41, 5.74) is 14.2. The van der Waals surface area contributed by atoms with E-state index in [0.29, 0.717) is 0 Å². The number of para-hydroxylation sites is 5. The first kappa shape index (κ1) is 25.7. The van der Waals surface area contributed by atoms with Crippen molar-refractivity contribution in [3.8, 4) is 44.9 Å². The van der Waals surface area contributed by atoms with Crippen LogP contribution >= 0.6 is 0 Å². The van der Waals surface area contributed by atoms with Crippen molar-refractivity contribution >= 4 is 54.5 Å². The van der Waals surface area contributed by atoms with Crippen molar-refractivity contribution in [2.45, 2.75) is 0 Å². The fourth-order valence-corrected chi connectivity index (χ4v) is 8.20. The van der Waals surface area contributed by atoms with Crippen LogP contribution in [0.2, 0.25) is 0 Å². The monoisotopic (exact) mass is 609 g/mol. The first-order valence-electron chi connectivity index (χ1n) is 16.5. The van der Waals surface area contributed by atoms with Gasteiger partial charge in [-0.25, -0.2) is 4.98 Å². The third kappa shape index (κ3) is 3.40. The van der Waals surface area contributed by atoms with E-state index in [-0.39, 0.29) is 0 Å². The number of hydrogen-bond donors (Lipinski definition) is 0. The molecule has 222 valence electrons. The van der Waals surface area contributed by atoms with Gasteiger partial charge in [-0.1, -0.05) is 121 Å². The molecule has 0 unspecified atom stereocenters. The number of rotatable bonds is 2. The second-order valence-electron chi connectivity index (χ2n) is 12.8. The molecule has 1 aliphatic heterocycles. The lowest BCUT2D eigenvalue weighted by Gasteiger charge is -2.14. The van der Waals surface area contributed by atoms with Crippen molar-refractivity contribution in [2.75, 3.05) is 0 Å². The van der Waals surface area contributed by atoms with Crippen molar-refractivity contribution in [1.82, 2.24) is 14.1 Å². The topological polar surface area (TPSA) is 22.8 Å². The van der Waals surface area contributed by atoms with E-state index < -0.39 is 0 Å². The van der Waals surface area contributed by atoms with Crippen LogP contribution in [0.1, 0.15) is 0 Å². The Bertz CT molecular complexity index is 2940. The summed E-state index contributed by atoms with van der Waals surface area (Å²) in [6, 6.07) is 59.5. The van der Waals surface area contributed by atoms with E-state index in [4.69, 9.17) is 4.98 Å². The zero-order valence-electron chi connectivity index (χ0n) is 25.9. The molecule has 1 aliphatic rings. The molecule has 0 amide bonds. The first-order chi connectivity index (χ1) is 23.8. The summed E-state index contributed by atoms with van der Waals surface area (Å²) >= 11 is 0. The van der Waals surface area contributed by atoms with Crippen LogP contribution in [0.5, 0.6) is 0 Å². The average molecular weight is 610 g/mol. The van der Waals surface area contributed by atoms with Crippen molar-refractivity contribution < 1.29 is 0 Å². The maximum Gasteiger partial charge on any atom is 0.146 e. The van der Waals surface area contributed by atoms with Gasteiger partial charge in [0.15, 0.2) is 0 Å². The van der Waals surface area contributed by atoms with E-state index in [9.17, 15) is 0 Å². The minimum atomic E-state index is 0.977. The van der Waals surface area contributed by atoms with Gasteiger partial charge in [-0.15, -0.1) is 0 Å². The van der Waals surface area contributed by atoms with Crippen molar-refractivity contribution in [1.29, 1.82) is 0 Å². The molecule has 0 bridgehead atoms. The summed E-state index contributed by atoms with van der Waals surface area (Å²) in [6.07, 6.45) is 0. The first-order valence-corrected chi connectivity index (χ1v) is 16.5. The highest BCUT2D eigenvalue weighted by Gasteiger charge is 2.26. The van der Waals surface area contributed by atoms with Gasteiger partial charge in [0.2, 0.25) is 0 Å². The maximum absolute atomic E-state index is 5.37. The molecule has 0 saturated carbocycles. The molecule has 4 heterocycles. The molecule has 48 heavy (non-hydrogen) atoms. The third-order valence-corrected chi connectivity index (χ3v) is 10.2. The standard InChI is InChI=1S/C45H27N3/c1-2-13-30(14-3-1)47-41-23-9-7-17-34(41)36-20-10-18-31(43(36)47)28-24-25-42-38(26-28)37-21-11-19-35-32-15-5-6-16-33(32)39-27-29-12-4-8-22-40(29)46-45(39)48(42)44(35)37/h1-27H. The molecular weight excluding hydrogens is 583 g/mol. The van der Waals surface area contributed by atoms with Gasteiger partial charge in [0.1, 0.15) is 5.82 Å². The molecule has 0 aliphatic carbocycles. The molecule has 3 nitrogen and oxygen atoms in total. The number of nitrogens with zero attached hydrogens (tertiary/aromatic N) is 3. The minimum Gasteiger partial charge on any atom is -0.309 e. The quantitative estimate of drug-likeness (QED) is 0.191. The molecule has 7 aromatic carbocycles. The molecular formula is C45H27N3. The van der Waals surface area contributed by atoms with Crippen molar-refractivity contribution in [2.24, 2.45) is 0 Å². The van der Waals surface area contributed by atoms with E-state index in [2.05, 4.69) is 173 Å². The van der Waals surface area contributed by atoms with Crippen LogP contribution in [-0.4, -0.2) is 14.1 Å². The highest BCUT2D eigenvalue weighted by Crippen LogP contribution is 2.47. The predicted octanol–water partition coefficient (Wildman–Crippen LogP) is 11.7. The average Bonchev–Trinajstić information content (AvgIpc) is 3.63. The lowest BCUT2D eigenvalue weighted by atomic mass is 9.93. The molecule has 3 heteroatoms. The summed E-state index contributed by atoms with van der Waals surface area (Å²) < 4.78 is 4.83. The molecule has 0 saturated heterocycles. The van der Waals surface area contributed by atoms with Gasteiger partial charge in [0.05, 0.1) is 27.6 Å². The third-order valence-electron chi connectivity index (χ3n) is 10.2. The van der Waals surface area contributed by atoms with Gasteiger partial charge in [0, 0.05) is 49.3 Å². The van der Waals surface area contributed by atoms with E-state index in [1.807, 2.05) is 0 Å². The second kappa shape index (κ2) is 9.54. The summed E-state index contributed by atoms with van der Waals surface area (Å²) in [5, 5.41) is 6.12. The van der Waals surface area contributed by atoms with Gasteiger partial charge in [-0.05, 0) is 59.2 Å². The smallest absolute Gasteiger partial charge is 0.146 e. The van der Waals surface area contributed by atoms with E-state index >= 15 is 0 Å². The number of hydrogen-bond acceptors (Lipinski definition) is 1. The SMILES string of the molecule is c1ccc(-n2c3ccccc3c3cccc(-c4ccc5c(c4)c4cccc6c4n5-c4nc5ccccc5cc4-c4ccccc4-6)c32)cc1. The van der Waals surface area contributed by atoms with E-state index in [0.717, 1.165) is 33.5 Å². The van der Waals surface area contributed by atoms with Gasteiger partial charge in [-0.2, -0.15) is 0 Å². The number of aromatic nitrogens is 3. The summed E-state index contributed by atoms with van der Waals surface area (Å²) in [4.78, 5) is 5.37. The van der Waals surface area contributed by atoms with Crippen LogP contribution in [0, 0.1) is 0 Å². The molecule has 0 radical (unpaired) electrons. The normalized spacial score (nSPS) is 12.2. The molecule has 10 aromatic rings. The fourth-order valence-electron chi connectivity index (χ4n) is 8.20. The lowest BCUT2D eigenvalue weighted by Crippen LogP contribution is -2.00. The molecule has 0 N–H and O–H groups in total. The fraction of sp³-hybridized carbons (Fsp3) is 0. The lowest BCUT2D eigenvalue weighted by molar-refractivity contribution is 1.11. The minimum absolute atomic E-state index is 0.977. The van der Waals surface area contributed by atoms with Gasteiger partial charge in [0.25, 0.3) is 0 Å². The Hall–Kier alpha value is -6.45. The highest BCUT2D eigenvalue weighted by atomic mass is 15.1. The van der Waals surface area contributed by atoms with Crippen molar-refractivity contribution in [3.05, 3.63) is 164 Å². The molecule has 11 rings (SSSR count). The molecule has 3 aromatic heterocycles. The van der Waals surface area contributed by atoms with Crippen LogP contribution < -0.4 is 0 Å². The zero-order chi connectivity index (χ0) is 31.3. The Balaban J connectivity index is 1.25. The molecule has 0 spiro atoms. The Morgan fingerprint density at radius 2 is 1.00 bits per heavy atom. The Morgan fingerprint density at radius 3 is 1.88 bits per heavy atom. The van der Waals surface area contributed by atoms with Crippen LogP contribution in [0.4, 0.5) is 0 Å². The zero-order valence-corrected chi connectivity index (χ0v) is 25.9. The van der Waals surface area contributed by atoms with Crippen LogP contribution in [-0.2, 0) is 0 Å². The van der Waals surface area contributed by atoms with Gasteiger partial charge in [-0.3, -0.25) is 4.57 Å². The van der Waals surface area contributed by atoms with E-state index in [1.54, 1.807) is 0 Å². The molecule has 0 atom stereocenters. The maximum atomic E-state index is 5.37. The van der Waals surface area contributed by atoms with Crippen LogP contribution in [0.15, 0.2) is 164 Å². The molecule has 0 fully saturated rings. The number of pyridine rings is 1. The number of benzene rings is 7. The second-order valence-corrected chi connectivity index (χ2v) is 12.8. The van der Waals surface area contributed by atoms with Gasteiger partial charge >= 0.3 is 0 Å². The Morgan fingerprint density at radius 1 is 0.375 bits per heavy atom. The highest BCUT2D eigenvalue weighted by molar-refractivity contribution is 6.18. The Labute approximate surface area is 276 Å².